The van der Waals surface area contributed by atoms with Crippen molar-refractivity contribution in [3.05, 3.63) is 47.5 Å². The summed E-state index contributed by atoms with van der Waals surface area (Å²) < 4.78 is 5.67. The van der Waals surface area contributed by atoms with Crippen molar-refractivity contribution in [2.45, 2.75) is 58.7 Å². The van der Waals surface area contributed by atoms with Gasteiger partial charge in [-0.15, -0.1) is 0 Å². The average Bonchev–Trinajstić information content (AvgIpc) is 3.30. The van der Waals surface area contributed by atoms with Crippen LogP contribution in [0, 0.1) is 5.92 Å². The zero-order valence-electron chi connectivity index (χ0n) is 20.1. The van der Waals surface area contributed by atoms with Crippen LogP contribution in [0.4, 0.5) is 0 Å². The number of esters is 1. The number of carbonyl (C=O) groups excluding carboxylic acids is 4. The summed E-state index contributed by atoms with van der Waals surface area (Å²) >= 11 is 0. The molecule has 1 fully saturated rings. The van der Waals surface area contributed by atoms with Crippen LogP contribution in [0.25, 0.3) is 0 Å². The second-order valence-electron chi connectivity index (χ2n) is 8.73. The van der Waals surface area contributed by atoms with Gasteiger partial charge in [-0.1, -0.05) is 50.3 Å². The molecule has 3 atom stereocenters. The van der Waals surface area contributed by atoms with Gasteiger partial charge in [0.25, 0.3) is 0 Å². The van der Waals surface area contributed by atoms with Crippen LogP contribution in [0.1, 0.15) is 52.2 Å². The minimum absolute atomic E-state index is 0.0454. The fraction of sp³-hybridized carbons (Fsp3) is 0.520. The van der Waals surface area contributed by atoms with Gasteiger partial charge < -0.3 is 19.9 Å². The third-order valence-electron chi connectivity index (χ3n) is 5.97. The Morgan fingerprint density at radius 3 is 2.48 bits per heavy atom. The van der Waals surface area contributed by atoms with Crippen molar-refractivity contribution in [1.29, 1.82) is 0 Å². The lowest BCUT2D eigenvalue weighted by Crippen LogP contribution is -2.45. The van der Waals surface area contributed by atoms with E-state index in [0.717, 1.165) is 12.0 Å². The summed E-state index contributed by atoms with van der Waals surface area (Å²) in [5.74, 6) is -0.851. The molecule has 1 heterocycles. The number of amides is 3. The number of nitrogens with zero attached hydrogens (tertiary/aromatic N) is 2. The van der Waals surface area contributed by atoms with Gasteiger partial charge in [0.2, 0.25) is 18.2 Å². The maximum absolute atomic E-state index is 13.2. The van der Waals surface area contributed by atoms with Gasteiger partial charge in [0.05, 0.1) is 12.6 Å². The maximum Gasteiger partial charge on any atom is 0.329 e. The molecule has 3 amide bonds. The minimum Gasteiger partial charge on any atom is -0.456 e. The zero-order chi connectivity index (χ0) is 24.5. The smallest absolute Gasteiger partial charge is 0.329 e. The van der Waals surface area contributed by atoms with Gasteiger partial charge in [0.1, 0.15) is 12.1 Å². The SMILES string of the molecule is CC(=C[C@H](C(C)C)N(C)C(=O)CNC=O)C(=O)N1CCC[C@H]1C(=O)OC(C)c1ccccc1. The van der Waals surface area contributed by atoms with Crippen molar-refractivity contribution in [3.8, 4) is 0 Å². The summed E-state index contributed by atoms with van der Waals surface area (Å²) in [5, 5.41) is 2.37. The molecule has 8 heteroatoms. The Hall–Kier alpha value is -3.16. The first-order valence-corrected chi connectivity index (χ1v) is 11.3. The Bertz CT molecular complexity index is 868. The third-order valence-corrected chi connectivity index (χ3v) is 5.97. The molecule has 33 heavy (non-hydrogen) atoms. The van der Waals surface area contributed by atoms with E-state index < -0.39 is 18.1 Å². The number of likely N-dealkylation sites (N-methyl/N-ethyl adjacent to an activating group) is 1. The van der Waals surface area contributed by atoms with Crippen molar-refractivity contribution in [2.24, 2.45) is 5.92 Å². The molecule has 0 saturated carbocycles. The van der Waals surface area contributed by atoms with E-state index in [9.17, 15) is 19.2 Å². The molecule has 0 aromatic heterocycles. The molecule has 0 bridgehead atoms. The molecule has 0 spiro atoms. The van der Waals surface area contributed by atoms with E-state index in [1.807, 2.05) is 51.1 Å². The predicted octanol–water partition coefficient (Wildman–Crippen LogP) is 2.46. The largest absolute Gasteiger partial charge is 0.456 e. The van der Waals surface area contributed by atoms with Gasteiger partial charge in [-0.3, -0.25) is 14.4 Å². The lowest BCUT2D eigenvalue weighted by atomic mass is 9.99. The number of rotatable bonds is 10. The van der Waals surface area contributed by atoms with Crippen molar-refractivity contribution < 1.29 is 23.9 Å². The molecular formula is C25H35N3O5. The van der Waals surface area contributed by atoms with Crippen LogP contribution in [0.15, 0.2) is 42.0 Å². The minimum atomic E-state index is -0.624. The zero-order valence-corrected chi connectivity index (χ0v) is 20.1. The standard InChI is InChI=1S/C25H35N3O5/c1-17(2)22(27(5)23(30)15-26-16-29)14-18(3)24(31)28-13-9-12-21(28)25(32)33-19(4)20-10-7-6-8-11-20/h6-8,10-11,14,16-17,19,21-22H,9,12-13,15H2,1-5H3,(H,26,29)/t19?,21-,22+/m0/s1. The summed E-state index contributed by atoms with van der Waals surface area (Å²) in [6.07, 6.45) is 3.12. The molecule has 1 N–H and O–H groups in total. The Morgan fingerprint density at radius 2 is 1.88 bits per heavy atom. The van der Waals surface area contributed by atoms with Gasteiger partial charge in [-0.25, -0.2) is 4.79 Å². The van der Waals surface area contributed by atoms with Crippen molar-refractivity contribution >= 4 is 24.2 Å². The van der Waals surface area contributed by atoms with Crippen LogP contribution in [0.2, 0.25) is 0 Å². The fourth-order valence-electron chi connectivity index (χ4n) is 4.03. The van der Waals surface area contributed by atoms with Crippen LogP contribution >= 0.6 is 0 Å². The molecule has 1 aliphatic heterocycles. The average molecular weight is 458 g/mol. The molecule has 8 nitrogen and oxygen atoms in total. The van der Waals surface area contributed by atoms with Crippen LogP contribution in [0.5, 0.6) is 0 Å². The molecule has 1 unspecified atom stereocenters. The Kier molecular flexibility index (Phi) is 9.63. The van der Waals surface area contributed by atoms with Crippen molar-refractivity contribution in [2.75, 3.05) is 20.1 Å². The second kappa shape index (κ2) is 12.2. The lowest BCUT2D eigenvalue weighted by Gasteiger charge is -2.30. The van der Waals surface area contributed by atoms with Gasteiger partial charge in [-0.2, -0.15) is 0 Å². The molecule has 0 radical (unpaired) electrons. The lowest BCUT2D eigenvalue weighted by molar-refractivity contribution is -0.156. The first kappa shape index (κ1) is 26.1. The molecule has 1 saturated heterocycles. The van der Waals surface area contributed by atoms with E-state index >= 15 is 0 Å². The molecule has 1 aliphatic rings. The topological polar surface area (TPSA) is 96.0 Å². The quantitative estimate of drug-likeness (QED) is 0.331. The van der Waals surface area contributed by atoms with E-state index in [2.05, 4.69) is 5.32 Å². The molecule has 2 rings (SSSR count). The highest BCUT2D eigenvalue weighted by molar-refractivity contribution is 5.96. The number of nitrogens with one attached hydrogen (secondary N) is 1. The van der Waals surface area contributed by atoms with Gasteiger partial charge in [0.15, 0.2) is 0 Å². The number of likely N-dealkylation sites (tertiary alicyclic amines) is 1. The number of ether oxygens (including phenoxy) is 1. The van der Waals surface area contributed by atoms with Crippen LogP contribution in [-0.2, 0) is 23.9 Å². The number of hydrogen-bond acceptors (Lipinski definition) is 5. The third kappa shape index (κ3) is 6.91. The van der Waals surface area contributed by atoms with E-state index in [1.54, 1.807) is 24.9 Å². The van der Waals surface area contributed by atoms with E-state index in [1.165, 1.54) is 4.90 Å². The summed E-state index contributed by atoms with van der Waals surface area (Å²) in [5.41, 5.74) is 1.36. The van der Waals surface area contributed by atoms with E-state index in [4.69, 9.17) is 4.74 Å². The van der Waals surface area contributed by atoms with Crippen LogP contribution in [-0.4, -0.2) is 66.2 Å². The predicted molar refractivity (Wildman–Crippen MR) is 125 cm³/mol. The summed E-state index contributed by atoms with van der Waals surface area (Å²) in [6.45, 7) is 7.80. The number of hydrogen-bond donors (Lipinski definition) is 1. The molecule has 1 aromatic carbocycles. The van der Waals surface area contributed by atoms with Crippen LogP contribution < -0.4 is 5.32 Å². The number of benzene rings is 1. The summed E-state index contributed by atoms with van der Waals surface area (Å²) in [7, 11) is 1.65. The first-order valence-electron chi connectivity index (χ1n) is 11.3. The molecule has 0 aliphatic carbocycles. The van der Waals surface area contributed by atoms with Gasteiger partial charge in [-0.05, 0) is 38.2 Å². The summed E-state index contributed by atoms with van der Waals surface area (Å²) in [4.78, 5) is 52.0. The first-order chi connectivity index (χ1) is 15.7. The molecule has 1 aromatic rings. The van der Waals surface area contributed by atoms with Crippen molar-refractivity contribution in [1.82, 2.24) is 15.1 Å². The Balaban J connectivity index is 2.11. The highest BCUT2D eigenvalue weighted by atomic mass is 16.5. The monoisotopic (exact) mass is 457 g/mol. The molecular weight excluding hydrogens is 422 g/mol. The Morgan fingerprint density at radius 1 is 1.21 bits per heavy atom. The fourth-order valence-corrected chi connectivity index (χ4v) is 4.03. The van der Waals surface area contributed by atoms with Gasteiger partial charge >= 0.3 is 5.97 Å². The Labute approximate surface area is 195 Å². The van der Waals surface area contributed by atoms with E-state index in [0.29, 0.717) is 24.9 Å². The van der Waals surface area contributed by atoms with Gasteiger partial charge in [0, 0.05) is 19.2 Å². The number of carbonyl (C=O) groups is 4. The normalized spacial score (nSPS) is 17.9. The maximum atomic E-state index is 13.2. The van der Waals surface area contributed by atoms with Crippen molar-refractivity contribution in [3.63, 3.8) is 0 Å². The molecule has 180 valence electrons. The van der Waals surface area contributed by atoms with Crippen LogP contribution in [0.3, 0.4) is 0 Å². The van der Waals surface area contributed by atoms with E-state index in [-0.39, 0.29) is 30.3 Å². The highest BCUT2D eigenvalue weighted by Gasteiger charge is 2.36. The second-order valence-corrected chi connectivity index (χ2v) is 8.73. The highest BCUT2D eigenvalue weighted by Crippen LogP contribution is 2.25. The summed E-state index contributed by atoms with van der Waals surface area (Å²) in [6, 6.07) is 8.52.